The van der Waals surface area contributed by atoms with Crippen molar-refractivity contribution < 1.29 is 0 Å². The molecule has 1 aromatic rings. The fourth-order valence-corrected chi connectivity index (χ4v) is 0.857. The molecule has 48 valence electrons. The number of benzene rings is 1. The first-order valence-corrected chi connectivity index (χ1v) is 3.25. The molecule has 0 N–H and O–H groups in total. The van der Waals surface area contributed by atoms with E-state index in [2.05, 4.69) is 16.8 Å². The van der Waals surface area contributed by atoms with Crippen molar-refractivity contribution in [3.63, 3.8) is 0 Å². The molecule has 0 heterocycles. The maximum absolute atomic E-state index is 3.81. The molecular formula is C7H9NS. The van der Waals surface area contributed by atoms with Crippen LogP contribution in [0.1, 0.15) is 5.56 Å². The molecule has 0 saturated carbocycles. The molecule has 0 aliphatic rings. The Labute approximate surface area is 59.9 Å². The summed E-state index contributed by atoms with van der Waals surface area (Å²) in [7, 11) is 0. The van der Waals surface area contributed by atoms with Gasteiger partial charge in [0.1, 0.15) is 0 Å². The summed E-state index contributed by atoms with van der Waals surface area (Å²) in [6.07, 6.45) is 0. The van der Waals surface area contributed by atoms with Gasteiger partial charge < -0.3 is 0 Å². The second kappa shape index (κ2) is 3.41. The molecule has 0 amide bonds. The van der Waals surface area contributed by atoms with Crippen LogP contribution in [0, 0.1) is 0 Å². The maximum atomic E-state index is 3.81. The summed E-state index contributed by atoms with van der Waals surface area (Å²) in [5, 5.41) is 0. The normalized spacial score (nSPS) is 9.00. The molecule has 0 atom stereocenters. The Morgan fingerprint density at radius 3 is 2.44 bits per heavy atom. The highest BCUT2D eigenvalue weighted by Gasteiger charge is 1.83. The van der Waals surface area contributed by atoms with E-state index in [0.717, 1.165) is 6.54 Å². The average molecular weight is 139 g/mol. The monoisotopic (exact) mass is 139 g/mol. The van der Waals surface area contributed by atoms with E-state index >= 15 is 0 Å². The van der Waals surface area contributed by atoms with E-state index in [1.807, 2.05) is 30.3 Å². The van der Waals surface area contributed by atoms with E-state index in [-0.39, 0.29) is 0 Å². The van der Waals surface area contributed by atoms with Crippen molar-refractivity contribution in [3.8, 4) is 0 Å². The van der Waals surface area contributed by atoms with E-state index < -0.39 is 0 Å². The van der Waals surface area contributed by atoms with Crippen LogP contribution in [0.4, 0.5) is 0 Å². The Kier molecular flexibility index (Phi) is 2.46. The van der Waals surface area contributed by atoms with Crippen molar-refractivity contribution in [3.05, 3.63) is 35.9 Å². The van der Waals surface area contributed by atoms with Gasteiger partial charge in [-0.15, -0.1) is 12.4 Å². The lowest BCUT2D eigenvalue weighted by atomic mass is 10.2. The molecule has 1 aromatic carbocycles. The first-order valence-electron chi connectivity index (χ1n) is 2.80. The van der Waals surface area contributed by atoms with Gasteiger partial charge in [0, 0.05) is 0 Å². The smallest absolute Gasteiger partial charge is 0.0703 e. The largest absolute Gasteiger partial charge is 0.266 e. The van der Waals surface area contributed by atoms with Crippen LogP contribution in [0.3, 0.4) is 0 Å². The summed E-state index contributed by atoms with van der Waals surface area (Å²) in [6, 6.07) is 10.1. The van der Waals surface area contributed by atoms with Crippen molar-refractivity contribution in [2.24, 2.45) is 4.36 Å². The minimum absolute atomic E-state index is 0.748. The molecule has 0 spiro atoms. The Balaban J connectivity index is 2.72. The lowest BCUT2D eigenvalue weighted by molar-refractivity contribution is 1.10. The van der Waals surface area contributed by atoms with Gasteiger partial charge in [0.05, 0.1) is 6.54 Å². The molecule has 0 aliphatic carbocycles. The van der Waals surface area contributed by atoms with Crippen LogP contribution < -0.4 is 0 Å². The van der Waals surface area contributed by atoms with Gasteiger partial charge in [-0.2, -0.15) is 0 Å². The van der Waals surface area contributed by atoms with Crippen LogP contribution in [-0.4, -0.2) is 0 Å². The molecule has 0 aromatic heterocycles. The Hall–Kier alpha value is -0.630. The number of hydrogen-bond donors (Lipinski definition) is 0. The van der Waals surface area contributed by atoms with E-state index in [1.54, 1.807) is 0 Å². The summed E-state index contributed by atoms with van der Waals surface area (Å²) in [5.41, 5.74) is 1.23. The highest BCUT2D eigenvalue weighted by molar-refractivity contribution is 7.47. The predicted octanol–water partition coefficient (Wildman–Crippen LogP) is 1.38. The molecular weight excluding hydrogens is 130 g/mol. The predicted molar refractivity (Wildman–Crippen MR) is 42.7 cm³/mol. The molecule has 0 unspecified atom stereocenters. The topological polar surface area (TPSA) is 12.4 Å². The minimum Gasteiger partial charge on any atom is -0.266 e. The second-order valence-electron chi connectivity index (χ2n) is 1.80. The van der Waals surface area contributed by atoms with Crippen molar-refractivity contribution in [2.45, 2.75) is 6.54 Å². The maximum Gasteiger partial charge on any atom is 0.0703 e. The molecule has 0 fully saturated rings. The Morgan fingerprint density at radius 1 is 1.22 bits per heavy atom. The van der Waals surface area contributed by atoms with Crippen LogP contribution in [-0.2, 0) is 19.0 Å². The van der Waals surface area contributed by atoms with E-state index in [0.29, 0.717) is 0 Å². The highest BCUT2D eigenvalue weighted by atomic mass is 32.1. The first-order chi connectivity index (χ1) is 4.43. The van der Waals surface area contributed by atoms with E-state index in [1.165, 1.54) is 5.56 Å². The lowest BCUT2D eigenvalue weighted by Gasteiger charge is -1.90. The molecule has 1 rings (SSSR count). The van der Waals surface area contributed by atoms with E-state index in [9.17, 15) is 0 Å². The van der Waals surface area contributed by atoms with Crippen molar-refractivity contribution in [2.75, 3.05) is 0 Å². The van der Waals surface area contributed by atoms with Gasteiger partial charge in [0.2, 0.25) is 0 Å². The molecule has 9 heavy (non-hydrogen) atoms. The zero-order chi connectivity index (χ0) is 6.53. The standard InChI is InChI=1S/C7H9NS/c9-8-6-7-4-2-1-3-5-7/h1-5H,6,9H2. The molecule has 0 radical (unpaired) electrons. The minimum atomic E-state index is 0.748. The highest BCUT2D eigenvalue weighted by Crippen LogP contribution is 1.98. The molecule has 0 bridgehead atoms. The van der Waals surface area contributed by atoms with Gasteiger partial charge >= 0.3 is 0 Å². The lowest BCUT2D eigenvalue weighted by Crippen LogP contribution is -1.75. The Morgan fingerprint density at radius 2 is 1.89 bits per heavy atom. The van der Waals surface area contributed by atoms with Crippen molar-refractivity contribution >= 4 is 12.4 Å². The van der Waals surface area contributed by atoms with Gasteiger partial charge in [0.25, 0.3) is 0 Å². The zero-order valence-corrected chi connectivity index (χ0v) is 6.04. The SMILES string of the molecule is [SH2]=NCc1ccccc1. The number of rotatable bonds is 2. The summed E-state index contributed by atoms with van der Waals surface area (Å²) < 4.78 is 3.81. The summed E-state index contributed by atoms with van der Waals surface area (Å²) in [6.45, 7) is 0.748. The van der Waals surface area contributed by atoms with Crippen molar-refractivity contribution in [1.82, 2.24) is 0 Å². The molecule has 2 heteroatoms. The Bertz CT molecular complexity index is 183. The van der Waals surface area contributed by atoms with Crippen LogP contribution in [0.2, 0.25) is 0 Å². The zero-order valence-electron chi connectivity index (χ0n) is 5.04. The van der Waals surface area contributed by atoms with Gasteiger partial charge in [-0.05, 0) is 5.56 Å². The molecule has 0 aliphatic heterocycles. The van der Waals surface area contributed by atoms with Crippen LogP contribution >= 0.6 is 0 Å². The summed E-state index contributed by atoms with van der Waals surface area (Å²) >= 11 is 3.05. The average Bonchev–Trinajstić information content (AvgIpc) is 1.91. The van der Waals surface area contributed by atoms with E-state index in [4.69, 9.17) is 0 Å². The third-order valence-corrected chi connectivity index (χ3v) is 1.26. The van der Waals surface area contributed by atoms with Gasteiger partial charge in [-0.1, -0.05) is 30.3 Å². The molecule has 1 nitrogen and oxygen atoms in total. The molecule has 0 saturated heterocycles. The second-order valence-corrected chi connectivity index (χ2v) is 2.12. The summed E-state index contributed by atoms with van der Waals surface area (Å²) in [4.78, 5) is 0. The number of hydrogen-bond acceptors (Lipinski definition) is 1. The number of nitrogens with zero attached hydrogens (tertiary/aromatic N) is 1. The fourth-order valence-electron chi connectivity index (χ4n) is 0.675. The van der Waals surface area contributed by atoms with Gasteiger partial charge in [-0.25, -0.2) is 0 Å². The van der Waals surface area contributed by atoms with Crippen LogP contribution in [0.5, 0.6) is 0 Å². The van der Waals surface area contributed by atoms with Gasteiger partial charge in [-0.3, -0.25) is 4.36 Å². The van der Waals surface area contributed by atoms with Crippen molar-refractivity contribution in [1.29, 1.82) is 0 Å². The third kappa shape index (κ3) is 1.98. The summed E-state index contributed by atoms with van der Waals surface area (Å²) in [5.74, 6) is 0. The van der Waals surface area contributed by atoms with Crippen LogP contribution in [0.25, 0.3) is 0 Å². The fraction of sp³-hybridized carbons (Fsp3) is 0.143. The first kappa shape index (κ1) is 6.49. The van der Waals surface area contributed by atoms with Gasteiger partial charge in [0.15, 0.2) is 0 Å². The third-order valence-electron chi connectivity index (χ3n) is 1.10. The quantitative estimate of drug-likeness (QED) is 0.587. The van der Waals surface area contributed by atoms with Crippen LogP contribution in [0.15, 0.2) is 34.7 Å².